The highest BCUT2D eigenvalue weighted by Gasteiger charge is 2.30. The number of hydrogen-bond acceptors (Lipinski definition) is 5. The van der Waals surface area contributed by atoms with Gasteiger partial charge >= 0.3 is 0 Å². The van der Waals surface area contributed by atoms with E-state index in [4.69, 9.17) is 0 Å². The monoisotopic (exact) mass is 307 g/mol. The Morgan fingerprint density at radius 3 is 3.15 bits per heavy atom. The number of hydrogen-bond donors (Lipinski definition) is 1. The van der Waals surface area contributed by atoms with Crippen LogP contribution in [0.1, 0.15) is 21.4 Å². The van der Waals surface area contributed by atoms with Crippen molar-refractivity contribution in [3.63, 3.8) is 0 Å². The lowest BCUT2D eigenvalue weighted by Crippen LogP contribution is -2.41. The summed E-state index contributed by atoms with van der Waals surface area (Å²) in [7, 11) is 0. The van der Waals surface area contributed by atoms with Crippen LogP contribution < -0.4 is 5.56 Å². The number of thioether (sulfide) groups is 1. The maximum Gasteiger partial charge on any atom is 0.254 e. The number of H-pyrrole nitrogens is 1. The van der Waals surface area contributed by atoms with E-state index in [1.807, 2.05) is 22.0 Å². The first-order valence-corrected chi connectivity index (χ1v) is 8.26. The first-order chi connectivity index (χ1) is 9.75. The van der Waals surface area contributed by atoms with Gasteiger partial charge in [-0.1, -0.05) is 0 Å². The average Bonchev–Trinajstić information content (AvgIpc) is 3.00. The Bertz CT molecular complexity index is 654. The summed E-state index contributed by atoms with van der Waals surface area (Å²) in [6, 6.07) is 2.99. The van der Waals surface area contributed by atoms with Crippen molar-refractivity contribution in [3.8, 4) is 0 Å². The predicted molar refractivity (Wildman–Crippen MR) is 80.3 cm³/mol. The van der Waals surface area contributed by atoms with Gasteiger partial charge in [0.1, 0.15) is 5.01 Å². The molecule has 0 aliphatic carbocycles. The molecular formula is C13H13N3O2S2. The zero-order chi connectivity index (χ0) is 13.9. The molecule has 0 aromatic carbocycles. The van der Waals surface area contributed by atoms with Crippen LogP contribution in [-0.2, 0) is 0 Å². The van der Waals surface area contributed by atoms with E-state index in [1.54, 1.807) is 23.6 Å². The number of carbonyl (C=O) groups excluding carboxylic acids is 1. The highest BCUT2D eigenvalue weighted by molar-refractivity contribution is 7.99. The molecule has 0 unspecified atom stereocenters. The molecule has 3 heterocycles. The van der Waals surface area contributed by atoms with Crippen LogP contribution in [0, 0.1) is 0 Å². The number of amides is 1. The molecule has 1 N–H and O–H groups in total. The molecule has 5 nitrogen and oxygen atoms in total. The van der Waals surface area contributed by atoms with Crippen LogP contribution in [0.5, 0.6) is 0 Å². The topological polar surface area (TPSA) is 66.1 Å². The highest BCUT2D eigenvalue weighted by atomic mass is 32.2. The smallest absolute Gasteiger partial charge is 0.254 e. The molecule has 2 aromatic heterocycles. The van der Waals surface area contributed by atoms with Crippen LogP contribution in [0.4, 0.5) is 0 Å². The first-order valence-electron chi connectivity index (χ1n) is 6.22. The molecule has 1 aliphatic heterocycles. The number of aromatic amines is 1. The minimum absolute atomic E-state index is 0.000498. The Kier molecular flexibility index (Phi) is 3.88. The molecular weight excluding hydrogens is 294 g/mol. The van der Waals surface area contributed by atoms with Crippen molar-refractivity contribution in [1.82, 2.24) is 14.9 Å². The normalized spacial score (nSPS) is 19.0. The summed E-state index contributed by atoms with van der Waals surface area (Å²) in [5, 5.41) is 2.88. The fourth-order valence-electron chi connectivity index (χ4n) is 2.19. The first kappa shape index (κ1) is 13.4. The molecule has 2 aromatic rings. The summed E-state index contributed by atoms with van der Waals surface area (Å²) < 4.78 is 0. The van der Waals surface area contributed by atoms with Gasteiger partial charge in [0.05, 0.1) is 6.04 Å². The maximum atomic E-state index is 12.6. The summed E-state index contributed by atoms with van der Waals surface area (Å²) in [6.45, 7) is 0.681. The number of thiazole rings is 1. The molecule has 1 fully saturated rings. The van der Waals surface area contributed by atoms with Gasteiger partial charge in [0.25, 0.3) is 5.91 Å². The van der Waals surface area contributed by atoms with E-state index in [1.165, 1.54) is 12.3 Å². The molecule has 1 atom stereocenters. The fraction of sp³-hybridized carbons (Fsp3) is 0.308. The average molecular weight is 307 g/mol. The second-order valence-electron chi connectivity index (χ2n) is 4.40. The fourth-order valence-corrected chi connectivity index (χ4v) is 4.10. The maximum absolute atomic E-state index is 12.6. The summed E-state index contributed by atoms with van der Waals surface area (Å²) in [5.74, 6) is 1.66. The minimum atomic E-state index is -0.256. The van der Waals surface area contributed by atoms with Gasteiger partial charge in [0, 0.05) is 47.5 Å². The third-order valence-corrected chi connectivity index (χ3v) is 5.05. The second-order valence-corrected chi connectivity index (χ2v) is 6.48. The Balaban J connectivity index is 1.90. The van der Waals surface area contributed by atoms with Crippen molar-refractivity contribution in [2.45, 2.75) is 6.04 Å². The largest absolute Gasteiger partial charge is 0.329 e. The van der Waals surface area contributed by atoms with Gasteiger partial charge in [0.15, 0.2) is 0 Å². The zero-order valence-electron chi connectivity index (χ0n) is 10.6. The molecule has 1 saturated heterocycles. The molecule has 104 valence electrons. The Labute approximate surface area is 124 Å². The molecule has 1 amide bonds. The van der Waals surface area contributed by atoms with Gasteiger partial charge in [0.2, 0.25) is 5.56 Å². The number of rotatable bonds is 2. The van der Waals surface area contributed by atoms with Gasteiger partial charge in [-0.2, -0.15) is 11.8 Å². The van der Waals surface area contributed by atoms with Gasteiger partial charge in [-0.15, -0.1) is 11.3 Å². The van der Waals surface area contributed by atoms with Crippen LogP contribution in [0.15, 0.2) is 34.7 Å². The Morgan fingerprint density at radius 2 is 2.40 bits per heavy atom. The van der Waals surface area contributed by atoms with Gasteiger partial charge in [-0.05, 0) is 6.07 Å². The summed E-state index contributed by atoms with van der Waals surface area (Å²) in [6.07, 6.45) is 3.27. The number of nitrogens with one attached hydrogen (secondary N) is 1. The lowest BCUT2D eigenvalue weighted by Gasteiger charge is -2.34. The predicted octanol–water partition coefficient (Wildman–Crippen LogP) is 1.76. The summed E-state index contributed by atoms with van der Waals surface area (Å²) in [4.78, 5) is 32.6. The van der Waals surface area contributed by atoms with Crippen LogP contribution in [-0.4, -0.2) is 38.8 Å². The van der Waals surface area contributed by atoms with Crippen molar-refractivity contribution < 1.29 is 4.79 Å². The number of carbonyl (C=O) groups is 1. The SMILES string of the molecule is O=C(c1cc[nH]c(=O)c1)N1CCSC[C@@H]1c1nccs1. The lowest BCUT2D eigenvalue weighted by atomic mass is 10.2. The van der Waals surface area contributed by atoms with E-state index in [2.05, 4.69) is 9.97 Å². The minimum Gasteiger partial charge on any atom is -0.329 e. The zero-order valence-corrected chi connectivity index (χ0v) is 12.2. The van der Waals surface area contributed by atoms with Gasteiger partial charge in [-0.3, -0.25) is 9.59 Å². The Morgan fingerprint density at radius 1 is 1.50 bits per heavy atom. The molecule has 0 radical (unpaired) electrons. The third kappa shape index (κ3) is 2.64. The molecule has 20 heavy (non-hydrogen) atoms. The van der Waals surface area contributed by atoms with E-state index < -0.39 is 0 Å². The van der Waals surface area contributed by atoms with Crippen molar-refractivity contribution in [2.75, 3.05) is 18.1 Å². The molecule has 3 rings (SSSR count). The molecule has 0 bridgehead atoms. The molecule has 0 spiro atoms. The standard InChI is InChI=1S/C13H13N3O2S2/c17-11-7-9(1-2-14-11)13(18)16-4-6-19-8-10(16)12-15-3-5-20-12/h1-3,5,7,10H,4,6,8H2,(H,14,17)/t10-/m1/s1. The van der Waals surface area contributed by atoms with E-state index in [0.29, 0.717) is 12.1 Å². The van der Waals surface area contributed by atoms with Crippen LogP contribution >= 0.6 is 23.1 Å². The van der Waals surface area contributed by atoms with Gasteiger partial charge < -0.3 is 9.88 Å². The number of aromatic nitrogens is 2. The van der Waals surface area contributed by atoms with Crippen molar-refractivity contribution >= 4 is 29.0 Å². The van der Waals surface area contributed by atoms with E-state index >= 15 is 0 Å². The number of pyridine rings is 1. The molecule has 1 aliphatic rings. The van der Waals surface area contributed by atoms with Crippen LogP contribution in [0.3, 0.4) is 0 Å². The summed E-state index contributed by atoms with van der Waals surface area (Å²) >= 11 is 3.39. The molecule has 7 heteroatoms. The molecule has 0 saturated carbocycles. The Hall–Kier alpha value is -1.60. The van der Waals surface area contributed by atoms with Crippen LogP contribution in [0.2, 0.25) is 0 Å². The van der Waals surface area contributed by atoms with Crippen molar-refractivity contribution in [2.24, 2.45) is 0 Å². The van der Waals surface area contributed by atoms with E-state index in [-0.39, 0.29) is 17.5 Å². The summed E-state index contributed by atoms with van der Waals surface area (Å²) in [5.41, 5.74) is 0.176. The van der Waals surface area contributed by atoms with E-state index in [0.717, 1.165) is 16.5 Å². The quantitative estimate of drug-likeness (QED) is 0.918. The van der Waals surface area contributed by atoms with Gasteiger partial charge in [-0.25, -0.2) is 4.98 Å². The lowest BCUT2D eigenvalue weighted by molar-refractivity contribution is 0.0701. The second kappa shape index (κ2) is 5.80. The van der Waals surface area contributed by atoms with E-state index in [9.17, 15) is 9.59 Å². The van der Waals surface area contributed by atoms with Crippen molar-refractivity contribution in [3.05, 3.63) is 50.8 Å². The third-order valence-electron chi connectivity index (χ3n) is 3.15. The van der Waals surface area contributed by atoms with Crippen LogP contribution in [0.25, 0.3) is 0 Å². The number of nitrogens with zero attached hydrogens (tertiary/aromatic N) is 2. The highest BCUT2D eigenvalue weighted by Crippen LogP contribution is 2.31. The van der Waals surface area contributed by atoms with Crippen molar-refractivity contribution in [1.29, 1.82) is 0 Å².